The minimum atomic E-state index is -0.249. The number of carbonyl (C=O) groups is 1. The van der Waals surface area contributed by atoms with E-state index < -0.39 is 0 Å². The Hall–Kier alpha value is -2.47. The van der Waals surface area contributed by atoms with Crippen molar-refractivity contribution in [2.24, 2.45) is 7.05 Å². The minimum absolute atomic E-state index is 0.151. The molecule has 2 aromatic heterocycles. The fourth-order valence-electron chi connectivity index (χ4n) is 3.36. The first-order valence-electron chi connectivity index (χ1n) is 9.97. The molecule has 2 aromatic rings. The van der Waals surface area contributed by atoms with Crippen molar-refractivity contribution in [3.63, 3.8) is 0 Å². The van der Waals surface area contributed by atoms with Gasteiger partial charge in [-0.2, -0.15) is 4.98 Å². The molecule has 0 saturated carbocycles. The van der Waals surface area contributed by atoms with Gasteiger partial charge in [-0.05, 0) is 33.1 Å². The lowest BCUT2D eigenvalue weighted by Gasteiger charge is -2.27. The second-order valence-corrected chi connectivity index (χ2v) is 7.87. The van der Waals surface area contributed by atoms with Gasteiger partial charge in [0.1, 0.15) is 0 Å². The number of aromatic nitrogens is 4. The van der Waals surface area contributed by atoms with Crippen LogP contribution in [-0.4, -0.2) is 50.5 Å². The van der Waals surface area contributed by atoms with Gasteiger partial charge in [-0.15, -0.1) is 5.92 Å². The van der Waals surface area contributed by atoms with Crippen LogP contribution in [0, 0.1) is 11.8 Å². The predicted molar refractivity (Wildman–Crippen MR) is 114 cm³/mol. The third-order valence-corrected chi connectivity index (χ3v) is 5.85. The largest absolute Gasteiger partial charge is 0.466 e. The summed E-state index contributed by atoms with van der Waals surface area (Å²) in [6.07, 6.45) is 3.71. The van der Waals surface area contributed by atoms with Gasteiger partial charge >= 0.3 is 5.97 Å². The van der Waals surface area contributed by atoms with Gasteiger partial charge < -0.3 is 9.64 Å². The molecule has 9 heteroatoms. The molecule has 0 bridgehead atoms. The van der Waals surface area contributed by atoms with Crippen LogP contribution in [0.3, 0.4) is 0 Å². The minimum Gasteiger partial charge on any atom is -0.466 e. The second-order valence-electron chi connectivity index (χ2n) is 6.81. The van der Waals surface area contributed by atoms with Crippen molar-refractivity contribution in [3.05, 3.63) is 10.4 Å². The number of hydrogen-bond donors (Lipinski definition) is 0. The molecule has 156 valence electrons. The van der Waals surface area contributed by atoms with Gasteiger partial charge in [-0.25, -0.2) is 4.98 Å². The summed E-state index contributed by atoms with van der Waals surface area (Å²) < 4.78 is 8.36. The molecule has 0 unspecified atom stereocenters. The summed E-state index contributed by atoms with van der Waals surface area (Å²) in [5.74, 6) is 6.96. The van der Waals surface area contributed by atoms with E-state index in [4.69, 9.17) is 9.72 Å². The van der Waals surface area contributed by atoms with E-state index in [0.29, 0.717) is 35.2 Å². The fraction of sp³-hybridized carbons (Fsp3) is 0.600. The van der Waals surface area contributed by atoms with Gasteiger partial charge in [-0.1, -0.05) is 17.7 Å². The number of imidazole rings is 1. The fourth-order valence-corrected chi connectivity index (χ4v) is 4.24. The summed E-state index contributed by atoms with van der Waals surface area (Å²) in [4.78, 5) is 36.2. The molecule has 3 rings (SSSR count). The molecule has 0 N–H and O–H groups in total. The van der Waals surface area contributed by atoms with Crippen molar-refractivity contribution >= 4 is 34.8 Å². The smallest absolute Gasteiger partial charge is 0.306 e. The van der Waals surface area contributed by atoms with Crippen molar-refractivity contribution in [2.45, 2.75) is 51.2 Å². The number of anilines is 1. The number of hydrogen-bond acceptors (Lipinski definition) is 7. The lowest BCUT2D eigenvalue weighted by atomic mass is 10.1. The molecule has 1 saturated heterocycles. The van der Waals surface area contributed by atoms with Gasteiger partial charge in [0.2, 0.25) is 5.95 Å². The second kappa shape index (κ2) is 9.83. The lowest BCUT2D eigenvalue weighted by molar-refractivity contribution is -0.142. The van der Waals surface area contributed by atoms with Gasteiger partial charge in [0.05, 0.1) is 19.6 Å². The van der Waals surface area contributed by atoms with Gasteiger partial charge in [0, 0.05) is 25.9 Å². The summed E-state index contributed by atoms with van der Waals surface area (Å²) in [7, 11) is 1.70. The number of carbonyl (C=O) groups excluding carboxylic acids is 1. The van der Waals surface area contributed by atoms with Crippen LogP contribution >= 0.6 is 11.8 Å². The highest BCUT2D eigenvalue weighted by molar-refractivity contribution is 7.99. The number of fused-ring (bicyclic) bond motifs is 1. The normalized spacial score (nSPS) is 14.0. The Bertz CT molecular complexity index is 995. The van der Waals surface area contributed by atoms with Crippen LogP contribution in [0.2, 0.25) is 0 Å². The molecule has 0 radical (unpaired) electrons. The molecule has 0 aromatic carbocycles. The third kappa shape index (κ3) is 4.75. The number of ether oxygens (including phenoxy) is 1. The summed E-state index contributed by atoms with van der Waals surface area (Å²) in [6.45, 7) is 6.18. The molecular formula is C20H27N5O3S. The molecule has 0 amide bonds. The number of esters is 1. The maximum atomic E-state index is 13.1. The van der Waals surface area contributed by atoms with Gasteiger partial charge in [0.25, 0.3) is 5.56 Å². The Balaban J connectivity index is 1.96. The Morgan fingerprint density at radius 2 is 2.00 bits per heavy atom. The zero-order chi connectivity index (χ0) is 20.8. The first kappa shape index (κ1) is 21.2. The Morgan fingerprint density at radius 1 is 1.24 bits per heavy atom. The highest BCUT2D eigenvalue weighted by atomic mass is 32.2. The highest BCUT2D eigenvalue weighted by Crippen LogP contribution is 2.24. The van der Waals surface area contributed by atoms with Crippen molar-refractivity contribution in [2.75, 3.05) is 30.3 Å². The van der Waals surface area contributed by atoms with E-state index in [1.54, 1.807) is 20.9 Å². The van der Waals surface area contributed by atoms with Crippen molar-refractivity contribution in [1.29, 1.82) is 0 Å². The summed E-state index contributed by atoms with van der Waals surface area (Å²) in [5.41, 5.74) is 0.762. The van der Waals surface area contributed by atoms with Crippen LogP contribution < -0.4 is 10.5 Å². The number of thioether (sulfide) groups is 1. The maximum absolute atomic E-state index is 13.1. The number of piperidine rings is 1. The van der Waals surface area contributed by atoms with Crippen molar-refractivity contribution < 1.29 is 9.53 Å². The lowest BCUT2D eigenvalue weighted by Crippen LogP contribution is -2.32. The highest BCUT2D eigenvalue weighted by Gasteiger charge is 2.23. The molecule has 1 fully saturated rings. The van der Waals surface area contributed by atoms with E-state index in [2.05, 4.69) is 21.7 Å². The molecule has 1 aliphatic rings. The quantitative estimate of drug-likeness (QED) is 0.296. The molecule has 0 spiro atoms. The van der Waals surface area contributed by atoms with Crippen LogP contribution in [0.4, 0.5) is 5.95 Å². The molecule has 0 aliphatic carbocycles. The average Bonchev–Trinajstić information content (AvgIpc) is 3.09. The van der Waals surface area contributed by atoms with Crippen LogP contribution in [0.5, 0.6) is 0 Å². The van der Waals surface area contributed by atoms with Crippen LogP contribution in [0.25, 0.3) is 11.2 Å². The van der Waals surface area contributed by atoms with E-state index in [1.807, 2.05) is 4.57 Å². The summed E-state index contributed by atoms with van der Waals surface area (Å²) >= 11 is 1.36. The summed E-state index contributed by atoms with van der Waals surface area (Å²) in [5, 5.41) is 0.545. The number of nitrogens with zero attached hydrogens (tertiary/aromatic N) is 5. The Labute approximate surface area is 174 Å². The Morgan fingerprint density at radius 3 is 2.69 bits per heavy atom. The molecule has 1 aliphatic heterocycles. The third-order valence-electron chi connectivity index (χ3n) is 4.82. The molecule has 3 heterocycles. The van der Waals surface area contributed by atoms with E-state index in [0.717, 1.165) is 31.9 Å². The number of rotatable bonds is 7. The molecular weight excluding hydrogens is 390 g/mol. The molecule has 0 atom stereocenters. The van der Waals surface area contributed by atoms with Gasteiger partial charge in [0.15, 0.2) is 16.3 Å². The van der Waals surface area contributed by atoms with Crippen molar-refractivity contribution in [3.8, 4) is 11.8 Å². The average molecular weight is 418 g/mol. The first-order valence-corrected chi connectivity index (χ1v) is 11.0. The van der Waals surface area contributed by atoms with Gasteiger partial charge in [-0.3, -0.25) is 18.7 Å². The van der Waals surface area contributed by atoms with E-state index in [1.165, 1.54) is 22.7 Å². The standard InChI is InChI=1S/C20H27N5O3S/c1-4-6-13-25-16-17(21-19(25)24-11-8-7-9-12-24)22-20(23(3)18(16)27)29-14-10-15(26)28-5-2/h5,7-14H2,1-3H3. The van der Waals surface area contributed by atoms with E-state index in [-0.39, 0.29) is 17.9 Å². The van der Waals surface area contributed by atoms with Crippen LogP contribution in [0.15, 0.2) is 9.95 Å². The maximum Gasteiger partial charge on any atom is 0.306 e. The van der Waals surface area contributed by atoms with E-state index in [9.17, 15) is 9.59 Å². The summed E-state index contributed by atoms with van der Waals surface area (Å²) in [6, 6.07) is 0. The SMILES string of the molecule is CC#CCn1c(N2CCCCC2)nc2nc(SCCC(=O)OCC)n(C)c(=O)c21. The van der Waals surface area contributed by atoms with Crippen LogP contribution in [-0.2, 0) is 23.1 Å². The zero-order valence-corrected chi connectivity index (χ0v) is 18.0. The van der Waals surface area contributed by atoms with E-state index >= 15 is 0 Å². The van der Waals surface area contributed by atoms with Crippen LogP contribution in [0.1, 0.15) is 39.5 Å². The predicted octanol–water partition coefficient (Wildman–Crippen LogP) is 2.19. The first-order chi connectivity index (χ1) is 14.1. The zero-order valence-electron chi connectivity index (χ0n) is 17.2. The topological polar surface area (TPSA) is 82.2 Å². The monoisotopic (exact) mass is 417 g/mol. The van der Waals surface area contributed by atoms with Crippen molar-refractivity contribution in [1.82, 2.24) is 19.1 Å². The Kier molecular flexibility index (Phi) is 7.20. The molecule has 29 heavy (non-hydrogen) atoms. The molecule has 8 nitrogen and oxygen atoms in total.